The van der Waals surface area contributed by atoms with Crippen LogP contribution in [0.3, 0.4) is 0 Å². The van der Waals surface area contributed by atoms with Crippen LogP contribution < -0.4 is 5.32 Å². The summed E-state index contributed by atoms with van der Waals surface area (Å²) < 4.78 is 0. The molecule has 0 aromatic carbocycles. The van der Waals surface area contributed by atoms with E-state index in [1.54, 1.807) is 0 Å². The molecular formula is C7H11NO. The number of carbonyl (C=O) groups excluding carboxylic acids is 1. The molecule has 2 nitrogen and oxygen atoms in total. The summed E-state index contributed by atoms with van der Waals surface area (Å²) in [5, 5.41) is 2.52. The molecule has 0 saturated carbocycles. The Morgan fingerprint density at radius 3 is 2.89 bits per heavy atom. The molecule has 1 unspecified atom stereocenters. The van der Waals surface area contributed by atoms with Gasteiger partial charge in [0.15, 0.2) is 0 Å². The molecule has 0 rings (SSSR count). The van der Waals surface area contributed by atoms with Gasteiger partial charge >= 0.3 is 0 Å². The fraction of sp³-hybridized carbons (Fsp3) is 0.571. The molecule has 0 aliphatic rings. The van der Waals surface area contributed by atoms with Crippen LogP contribution in [-0.2, 0) is 4.79 Å². The predicted octanol–water partition coefficient (Wildman–Crippen LogP) is 0.534. The fourth-order valence-corrected chi connectivity index (χ4v) is 0.586. The molecule has 0 aliphatic carbocycles. The lowest BCUT2D eigenvalue weighted by Crippen LogP contribution is -2.25. The number of carbonyl (C=O) groups is 1. The van der Waals surface area contributed by atoms with E-state index < -0.39 is 0 Å². The normalized spacial score (nSPS) is 11.6. The molecule has 0 aromatic rings. The van der Waals surface area contributed by atoms with Crippen LogP contribution in [0.2, 0.25) is 0 Å². The van der Waals surface area contributed by atoms with Crippen molar-refractivity contribution >= 4 is 6.41 Å². The van der Waals surface area contributed by atoms with Crippen LogP contribution in [0.5, 0.6) is 0 Å². The summed E-state index contributed by atoms with van der Waals surface area (Å²) in [6, 6.07) is -0.0764. The van der Waals surface area contributed by atoms with E-state index in [0.717, 1.165) is 12.8 Å². The highest BCUT2D eigenvalue weighted by Crippen LogP contribution is 1.92. The van der Waals surface area contributed by atoms with E-state index >= 15 is 0 Å². The summed E-state index contributed by atoms with van der Waals surface area (Å²) in [5.74, 6) is 2.46. The van der Waals surface area contributed by atoms with Crippen LogP contribution >= 0.6 is 0 Å². The second-order valence-electron chi connectivity index (χ2n) is 1.79. The highest BCUT2D eigenvalue weighted by molar-refractivity contribution is 5.47. The first-order chi connectivity index (χ1) is 4.35. The van der Waals surface area contributed by atoms with E-state index in [9.17, 15) is 4.79 Å². The lowest BCUT2D eigenvalue weighted by molar-refractivity contribution is -0.109. The van der Waals surface area contributed by atoms with Crippen molar-refractivity contribution in [3.63, 3.8) is 0 Å². The molecule has 1 atom stereocenters. The van der Waals surface area contributed by atoms with Crippen LogP contribution in [0.25, 0.3) is 0 Å². The molecule has 2 heteroatoms. The molecule has 9 heavy (non-hydrogen) atoms. The van der Waals surface area contributed by atoms with E-state index in [1.807, 2.05) is 6.92 Å². The van der Waals surface area contributed by atoms with Crippen molar-refractivity contribution in [2.45, 2.75) is 25.8 Å². The molecule has 1 amide bonds. The zero-order valence-electron chi connectivity index (χ0n) is 5.55. The van der Waals surface area contributed by atoms with Gasteiger partial charge in [0.25, 0.3) is 0 Å². The Balaban J connectivity index is 3.44. The van der Waals surface area contributed by atoms with Gasteiger partial charge in [-0.05, 0) is 6.42 Å². The zero-order chi connectivity index (χ0) is 7.11. The number of hydrogen-bond donors (Lipinski definition) is 1. The summed E-state index contributed by atoms with van der Waals surface area (Å²) in [4.78, 5) is 9.84. The SMILES string of the molecule is C#CC(CCC)NC=O. The van der Waals surface area contributed by atoms with Crippen LogP contribution in [0.15, 0.2) is 0 Å². The molecule has 0 aromatic heterocycles. The Labute approximate surface area is 55.6 Å². The molecule has 0 bridgehead atoms. The van der Waals surface area contributed by atoms with Crippen molar-refractivity contribution in [3.05, 3.63) is 0 Å². The molecule has 0 spiro atoms. The van der Waals surface area contributed by atoms with Gasteiger partial charge in [0.2, 0.25) is 6.41 Å². The van der Waals surface area contributed by atoms with Crippen molar-refractivity contribution in [2.24, 2.45) is 0 Å². The Bertz CT molecular complexity index is 115. The minimum atomic E-state index is -0.0764. The fourth-order valence-electron chi connectivity index (χ4n) is 0.586. The van der Waals surface area contributed by atoms with Gasteiger partial charge in [-0.3, -0.25) is 4.79 Å². The first-order valence-corrected chi connectivity index (χ1v) is 3.01. The predicted molar refractivity (Wildman–Crippen MR) is 36.7 cm³/mol. The average molecular weight is 125 g/mol. The third-order valence-electron chi connectivity index (χ3n) is 1.05. The van der Waals surface area contributed by atoms with E-state index in [2.05, 4.69) is 11.2 Å². The monoisotopic (exact) mass is 125 g/mol. The third kappa shape index (κ3) is 3.60. The molecule has 0 aliphatic heterocycles. The molecule has 1 N–H and O–H groups in total. The van der Waals surface area contributed by atoms with Crippen molar-refractivity contribution in [1.82, 2.24) is 5.32 Å². The standard InChI is InChI=1S/C7H11NO/c1-3-5-7(4-2)8-6-9/h2,6-7H,3,5H2,1H3,(H,8,9). The maximum atomic E-state index is 9.84. The Morgan fingerprint density at radius 1 is 1.89 bits per heavy atom. The number of hydrogen-bond acceptors (Lipinski definition) is 1. The van der Waals surface area contributed by atoms with Gasteiger partial charge in [-0.25, -0.2) is 0 Å². The van der Waals surface area contributed by atoms with Gasteiger partial charge in [0.05, 0.1) is 6.04 Å². The number of nitrogens with one attached hydrogen (secondary N) is 1. The topological polar surface area (TPSA) is 29.1 Å². The van der Waals surface area contributed by atoms with Gasteiger partial charge in [-0.2, -0.15) is 0 Å². The summed E-state index contributed by atoms with van der Waals surface area (Å²) in [6.45, 7) is 2.02. The molecule has 0 radical (unpaired) electrons. The van der Waals surface area contributed by atoms with Crippen molar-refractivity contribution in [3.8, 4) is 12.3 Å². The Hall–Kier alpha value is -0.970. The van der Waals surface area contributed by atoms with Gasteiger partial charge in [-0.15, -0.1) is 6.42 Å². The van der Waals surface area contributed by atoms with E-state index in [-0.39, 0.29) is 6.04 Å². The van der Waals surface area contributed by atoms with Crippen LogP contribution in [0.1, 0.15) is 19.8 Å². The maximum absolute atomic E-state index is 9.84. The third-order valence-corrected chi connectivity index (χ3v) is 1.05. The lowest BCUT2D eigenvalue weighted by atomic mass is 10.2. The van der Waals surface area contributed by atoms with E-state index in [1.165, 1.54) is 0 Å². The van der Waals surface area contributed by atoms with Crippen LogP contribution in [0.4, 0.5) is 0 Å². The smallest absolute Gasteiger partial charge is 0.208 e. The van der Waals surface area contributed by atoms with E-state index in [0.29, 0.717) is 6.41 Å². The first-order valence-electron chi connectivity index (χ1n) is 3.01. The van der Waals surface area contributed by atoms with Gasteiger partial charge in [0.1, 0.15) is 0 Å². The average Bonchev–Trinajstić information content (AvgIpc) is 1.88. The lowest BCUT2D eigenvalue weighted by Gasteiger charge is -2.04. The summed E-state index contributed by atoms with van der Waals surface area (Å²) in [7, 11) is 0. The largest absolute Gasteiger partial charge is 0.345 e. The van der Waals surface area contributed by atoms with Gasteiger partial charge < -0.3 is 5.32 Å². The van der Waals surface area contributed by atoms with Crippen molar-refractivity contribution in [2.75, 3.05) is 0 Å². The molecule has 0 heterocycles. The second-order valence-corrected chi connectivity index (χ2v) is 1.79. The minimum absolute atomic E-state index is 0.0764. The highest BCUT2D eigenvalue weighted by atomic mass is 16.1. The molecular weight excluding hydrogens is 114 g/mol. The summed E-state index contributed by atoms with van der Waals surface area (Å²) in [5.41, 5.74) is 0. The van der Waals surface area contributed by atoms with E-state index in [4.69, 9.17) is 6.42 Å². The van der Waals surface area contributed by atoms with Gasteiger partial charge in [-0.1, -0.05) is 19.3 Å². The van der Waals surface area contributed by atoms with Crippen LogP contribution in [-0.4, -0.2) is 12.5 Å². The Kier molecular flexibility index (Phi) is 4.61. The first kappa shape index (κ1) is 8.03. The Morgan fingerprint density at radius 2 is 2.56 bits per heavy atom. The molecule has 50 valence electrons. The number of amides is 1. The van der Waals surface area contributed by atoms with Gasteiger partial charge in [0, 0.05) is 0 Å². The number of rotatable bonds is 4. The zero-order valence-corrected chi connectivity index (χ0v) is 5.55. The molecule has 0 fully saturated rings. The highest BCUT2D eigenvalue weighted by Gasteiger charge is 1.97. The van der Waals surface area contributed by atoms with Crippen molar-refractivity contribution in [1.29, 1.82) is 0 Å². The second kappa shape index (κ2) is 5.17. The maximum Gasteiger partial charge on any atom is 0.208 e. The quantitative estimate of drug-likeness (QED) is 0.431. The minimum Gasteiger partial charge on any atom is -0.345 e. The summed E-state index contributed by atoms with van der Waals surface area (Å²) >= 11 is 0. The van der Waals surface area contributed by atoms with Crippen LogP contribution in [0, 0.1) is 12.3 Å². The number of terminal acetylenes is 1. The van der Waals surface area contributed by atoms with Crippen molar-refractivity contribution < 1.29 is 4.79 Å². The molecule has 0 saturated heterocycles. The summed E-state index contributed by atoms with van der Waals surface area (Å²) in [6.07, 6.45) is 7.56.